The molecule has 1 heterocycles. The van der Waals surface area contributed by atoms with Crippen molar-refractivity contribution < 1.29 is 10.0 Å². The molecule has 1 saturated heterocycles. The monoisotopic (exact) mass is 228 g/mol. The number of hydrogen-bond acceptors (Lipinski definition) is 4. The number of carbonyl (C=O) groups is 1. The summed E-state index contributed by atoms with van der Waals surface area (Å²) in [5.41, 5.74) is 5.47. The maximum absolute atomic E-state index is 11.0. The normalized spacial score (nSPS) is 23.9. The highest BCUT2D eigenvalue weighted by Gasteiger charge is 2.20. The Balaban J connectivity index is 2.35. The zero-order valence-electron chi connectivity index (χ0n) is 9.57. The van der Waals surface area contributed by atoms with Crippen molar-refractivity contribution in [1.29, 1.82) is 0 Å². The number of piperidine rings is 1. The number of rotatable bonds is 5. The molecule has 0 aromatic rings. The van der Waals surface area contributed by atoms with Gasteiger partial charge in [-0.15, -0.1) is 0 Å². The fourth-order valence-corrected chi connectivity index (χ4v) is 1.82. The fraction of sp³-hybridized carbons (Fsp3) is 0.800. The summed E-state index contributed by atoms with van der Waals surface area (Å²) in [5.74, 6) is 0.349. The highest BCUT2D eigenvalue weighted by molar-refractivity contribution is 5.80. The first-order valence-corrected chi connectivity index (χ1v) is 5.64. The summed E-state index contributed by atoms with van der Waals surface area (Å²) in [5, 5.41) is 17.7. The molecule has 1 aliphatic rings. The van der Waals surface area contributed by atoms with Crippen molar-refractivity contribution in [3.8, 4) is 0 Å². The number of carbonyl (C=O) groups excluding carboxylic acids is 1. The summed E-state index contributed by atoms with van der Waals surface area (Å²) < 4.78 is 0. The molecule has 0 saturated carbocycles. The van der Waals surface area contributed by atoms with E-state index >= 15 is 0 Å². The largest absolute Gasteiger partial charge is 0.409 e. The van der Waals surface area contributed by atoms with Crippen LogP contribution in [0.1, 0.15) is 32.6 Å². The van der Waals surface area contributed by atoms with E-state index in [9.17, 15) is 4.79 Å². The number of amidine groups is 1. The van der Waals surface area contributed by atoms with Gasteiger partial charge in [-0.25, -0.2) is 0 Å². The van der Waals surface area contributed by atoms with Gasteiger partial charge in [0.2, 0.25) is 5.91 Å². The van der Waals surface area contributed by atoms with Gasteiger partial charge >= 0.3 is 0 Å². The zero-order valence-corrected chi connectivity index (χ0v) is 9.57. The molecule has 2 atom stereocenters. The van der Waals surface area contributed by atoms with Gasteiger partial charge in [-0.2, -0.15) is 0 Å². The van der Waals surface area contributed by atoms with Gasteiger partial charge in [0, 0.05) is 31.5 Å². The molecule has 6 heteroatoms. The molecule has 1 fully saturated rings. The van der Waals surface area contributed by atoms with Crippen LogP contribution in [0.4, 0.5) is 0 Å². The maximum Gasteiger partial charge on any atom is 0.220 e. The number of hydrogen-bond donors (Lipinski definition) is 4. The molecule has 0 bridgehead atoms. The van der Waals surface area contributed by atoms with Gasteiger partial charge in [0.15, 0.2) is 0 Å². The SMILES string of the molecule is CCC(CC(N)=NO)NC1CCC(=O)NC1. The average molecular weight is 228 g/mol. The number of nitrogens with zero attached hydrogens (tertiary/aromatic N) is 1. The first-order chi connectivity index (χ1) is 7.65. The molecule has 0 radical (unpaired) electrons. The minimum Gasteiger partial charge on any atom is -0.409 e. The first-order valence-electron chi connectivity index (χ1n) is 5.64. The Bertz CT molecular complexity index is 258. The number of nitrogens with one attached hydrogen (secondary N) is 2. The van der Waals surface area contributed by atoms with Crippen LogP contribution < -0.4 is 16.4 Å². The molecular formula is C10H20N4O2. The maximum atomic E-state index is 11.0. The van der Waals surface area contributed by atoms with Gasteiger partial charge in [0.05, 0.1) is 0 Å². The Hall–Kier alpha value is -1.30. The lowest BCUT2D eigenvalue weighted by Crippen LogP contribution is -2.49. The third-order valence-corrected chi connectivity index (χ3v) is 2.81. The van der Waals surface area contributed by atoms with Crippen molar-refractivity contribution in [3.63, 3.8) is 0 Å². The number of oxime groups is 1. The highest BCUT2D eigenvalue weighted by atomic mass is 16.4. The summed E-state index contributed by atoms with van der Waals surface area (Å²) in [6, 6.07) is 0.477. The quantitative estimate of drug-likeness (QED) is 0.226. The van der Waals surface area contributed by atoms with Gasteiger partial charge in [-0.3, -0.25) is 4.79 Å². The molecule has 0 aromatic heterocycles. The van der Waals surface area contributed by atoms with Crippen LogP contribution in [0.2, 0.25) is 0 Å². The van der Waals surface area contributed by atoms with Gasteiger partial charge in [-0.1, -0.05) is 12.1 Å². The summed E-state index contributed by atoms with van der Waals surface area (Å²) >= 11 is 0. The van der Waals surface area contributed by atoms with Crippen LogP contribution in [-0.2, 0) is 4.79 Å². The van der Waals surface area contributed by atoms with E-state index in [2.05, 4.69) is 15.8 Å². The van der Waals surface area contributed by atoms with Crippen LogP contribution in [0.3, 0.4) is 0 Å². The Morgan fingerprint density at radius 1 is 1.81 bits per heavy atom. The van der Waals surface area contributed by atoms with Crippen molar-refractivity contribution in [3.05, 3.63) is 0 Å². The molecule has 0 spiro atoms. The molecular weight excluding hydrogens is 208 g/mol. The molecule has 1 rings (SSSR count). The van der Waals surface area contributed by atoms with Crippen molar-refractivity contribution in [2.24, 2.45) is 10.9 Å². The molecule has 1 aliphatic heterocycles. The second-order valence-electron chi connectivity index (χ2n) is 4.11. The lowest BCUT2D eigenvalue weighted by Gasteiger charge is -2.28. The molecule has 0 aliphatic carbocycles. The highest BCUT2D eigenvalue weighted by Crippen LogP contribution is 2.06. The number of amides is 1. The Kier molecular flexibility index (Phi) is 5.04. The van der Waals surface area contributed by atoms with E-state index in [1.807, 2.05) is 6.92 Å². The fourth-order valence-electron chi connectivity index (χ4n) is 1.82. The van der Waals surface area contributed by atoms with Crippen molar-refractivity contribution in [2.45, 2.75) is 44.7 Å². The third kappa shape index (κ3) is 4.06. The lowest BCUT2D eigenvalue weighted by atomic mass is 10.0. The summed E-state index contributed by atoms with van der Waals surface area (Å²) in [6.07, 6.45) is 2.84. The van der Waals surface area contributed by atoms with E-state index in [1.165, 1.54) is 0 Å². The van der Waals surface area contributed by atoms with Gasteiger partial charge in [0.25, 0.3) is 0 Å². The van der Waals surface area contributed by atoms with Crippen molar-refractivity contribution in [1.82, 2.24) is 10.6 Å². The second kappa shape index (κ2) is 6.32. The third-order valence-electron chi connectivity index (χ3n) is 2.81. The summed E-state index contributed by atoms with van der Waals surface area (Å²) in [7, 11) is 0. The van der Waals surface area contributed by atoms with Crippen LogP contribution in [0.25, 0.3) is 0 Å². The molecule has 2 unspecified atom stereocenters. The second-order valence-corrected chi connectivity index (χ2v) is 4.11. The minimum atomic E-state index is 0.113. The Morgan fingerprint density at radius 3 is 3.06 bits per heavy atom. The predicted molar refractivity (Wildman–Crippen MR) is 61.3 cm³/mol. The van der Waals surface area contributed by atoms with Crippen LogP contribution in [-0.4, -0.2) is 35.6 Å². The Morgan fingerprint density at radius 2 is 2.56 bits per heavy atom. The lowest BCUT2D eigenvalue weighted by molar-refractivity contribution is -0.122. The molecule has 6 nitrogen and oxygen atoms in total. The van der Waals surface area contributed by atoms with Gasteiger partial charge in [0.1, 0.15) is 5.84 Å². The molecule has 16 heavy (non-hydrogen) atoms. The van der Waals surface area contributed by atoms with Gasteiger partial charge in [-0.05, 0) is 12.8 Å². The van der Waals surface area contributed by atoms with Crippen LogP contribution in [0, 0.1) is 0 Å². The molecule has 1 amide bonds. The molecule has 5 N–H and O–H groups in total. The topological polar surface area (TPSA) is 99.7 Å². The first kappa shape index (κ1) is 12.8. The van der Waals surface area contributed by atoms with Crippen LogP contribution in [0.5, 0.6) is 0 Å². The van der Waals surface area contributed by atoms with E-state index in [4.69, 9.17) is 10.9 Å². The average Bonchev–Trinajstić information content (AvgIpc) is 2.30. The standard InChI is InChI=1S/C10H20N4O2/c1-2-7(5-9(11)14-16)13-8-3-4-10(15)12-6-8/h7-8,13,16H,2-6H2,1H3,(H2,11,14)(H,12,15). The molecule has 0 aromatic carbocycles. The van der Waals surface area contributed by atoms with Crippen molar-refractivity contribution >= 4 is 11.7 Å². The summed E-state index contributed by atoms with van der Waals surface area (Å²) in [4.78, 5) is 11.0. The van der Waals surface area contributed by atoms with Crippen LogP contribution >= 0.6 is 0 Å². The van der Waals surface area contributed by atoms with E-state index in [1.54, 1.807) is 0 Å². The van der Waals surface area contributed by atoms with Crippen molar-refractivity contribution in [2.75, 3.05) is 6.54 Å². The van der Waals surface area contributed by atoms with E-state index < -0.39 is 0 Å². The minimum absolute atomic E-state index is 0.113. The smallest absolute Gasteiger partial charge is 0.220 e. The van der Waals surface area contributed by atoms with Crippen LogP contribution in [0.15, 0.2) is 5.16 Å². The Labute approximate surface area is 95.3 Å². The van der Waals surface area contributed by atoms with Gasteiger partial charge < -0.3 is 21.6 Å². The zero-order chi connectivity index (χ0) is 12.0. The number of nitrogens with two attached hydrogens (primary N) is 1. The van der Waals surface area contributed by atoms with E-state index in [0.717, 1.165) is 12.8 Å². The van der Waals surface area contributed by atoms with E-state index in [-0.39, 0.29) is 23.8 Å². The predicted octanol–water partition coefficient (Wildman–Crippen LogP) is -0.230. The van der Waals surface area contributed by atoms with E-state index in [0.29, 0.717) is 19.4 Å². The molecule has 92 valence electrons. The summed E-state index contributed by atoms with van der Waals surface area (Å²) in [6.45, 7) is 2.70.